The van der Waals surface area contributed by atoms with E-state index < -0.39 is 0 Å². The zero-order valence-electron chi connectivity index (χ0n) is 11.4. The van der Waals surface area contributed by atoms with Crippen LogP contribution < -0.4 is 11.1 Å². The molecule has 5 heteroatoms. The van der Waals surface area contributed by atoms with Crippen molar-refractivity contribution in [1.29, 1.82) is 0 Å². The Kier molecular flexibility index (Phi) is 4.25. The van der Waals surface area contributed by atoms with Crippen molar-refractivity contribution in [3.63, 3.8) is 0 Å². The first-order valence-corrected chi connectivity index (χ1v) is 6.64. The van der Waals surface area contributed by atoms with Crippen LogP contribution in [0.1, 0.15) is 34.5 Å². The van der Waals surface area contributed by atoms with Crippen LogP contribution in [0, 0.1) is 6.92 Å². The Morgan fingerprint density at radius 3 is 2.55 bits per heavy atom. The highest BCUT2D eigenvalue weighted by molar-refractivity contribution is 6.29. The van der Waals surface area contributed by atoms with E-state index in [2.05, 4.69) is 10.3 Å². The number of nitrogens with two attached hydrogens (primary N) is 1. The Morgan fingerprint density at radius 1 is 1.30 bits per heavy atom. The van der Waals surface area contributed by atoms with E-state index in [1.807, 2.05) is 38.1 Å². The second-order valence-corrected chi connectivity index (χ2v) is 5.10. The number of aryl methyl sites for hydroxylation is 1. The fourth-order valence-corrected chi connectivity index (χ4v) is 2.08. The van der Waals surface area contributed by atoms with E-state index in [0.29, 0.717) is 5.56 Å². The van der Waals surface area contributed by atoms with E-state index in [1.54, 1.807) is 0 Å². The Bertz CT molecular complexity index is 605. The SMILES string of the molecule is Cc1ccc(C(C)NC(=O)c2cc(N)nc(Cl)c2)cc1. The van der Waals surface area contributed by atoms with E-state index in [4.69, 9.17) is 17.3 Å². The first-order valence-electron chi connectivity index (χ1n) is 6.26. The van der Waals surface area contributed by atoms with Crippen LogP contribution in [-0.2, 0) is 0 Å². The van der Waals surface area contributed by atoms with Crippen molar-refractivity contribution in [2.45, 2.75) is 19.9 Å². The molecule has 1 amide bonds. The van der Waals surface area contributed by atoms with E-state index in [9.17, 15) is 4.79 Å². The van der Waals surface area contributed by atoms with Crippen molar-refractivity contribution in [3.8, 4) is 0 Å². The lowest BCUT2D eigenvalue weighted by Crippen LogP contribution is -2.26. The van der Waals surface area contributed by atoms with Crippen molar-refractivity contribution < 1.29 is 4.79 Å². The van der Waals surface area contributed by atoms with Crippen LogP contribution in [0.2, 0.25) is 5.15 Å². The number of hydrogen-bond acceptors (Lipinski definition) is 3. The number of carbonyl (C=O) groups is 1. The molecule has 4 nitrogen and oxygen atoms in total. The second kappa shape index (κ2) is 5.92. The van der Waals surface area contributed by atoms with Crippen LogP contribution in [0.4, 0.5) is 5.82 Å². The summed E-state index contributed by atoms with van der Waals surface area (Å²) in [5.41, 5.74) is 8.20. The second-order valence-electron chi connectivity index (χ2n) is 4.71. The van der Waals surface area contributed by atoms with Gasteiger partial charge in [-0.25, -0.2) is 4.98 Å². The molecule has 1 atom stereocenters. The molecule has 104 valence electrons. The number of aromatic nitrogens is 1. The number of rotatable bonds is 3. The highest BCUT2D eigenvalue weighted by Crippen LogP contribution is 2.16. The molecule has 0 radical (unpaired) electrons. The van der Waals surface area contributed by atoms with Gasteiger partial charge in [-0.15, -0.1) is 0 Å². The van der Waals surface area contributed by atoms with Gasteiger partial charge in [-0.05, 0) is 31.5 Å². The van der Waals surface area contributed by atoms with Gasteiger partial charge in [-0.2, -0.15) is 0 Å². The Labute approximate surface area is 123 Å². The number of nitrogen functional groups attached to an aromatic ring is 1. The molecule has 0 spiro atoms. The van der Waals surface area contributed by atoms with Crippen molar-refractivity contribution in [3.05, 3.63) is 58.2 Å². The number of hydrogen-bond donors (Lipinski definition) is 2. The fourth-order valence-electron chi connectivity index (χ4n) is 1.87. The quantitative estimate of drug-likeness (QED) is 0.853. The molecule has 1 aromatic carbocycles. The molecule has 0 saturated heterocycles. The maximum Gasteiger partial charge on any atom is 0.251 e. The minimum atomic E-state index is -0.228. The van der Waals surface area contributed by atoms with Crippen LogP contribution in [0.3, 0.4) is 0 Å². The first-order chi connectivity index (χ1) is 9.45. The zero-order chi connectivity index (χ0) is 14.7. The largest absolute Gasteiger partial charge is 0.384 e. The molecule has 0 saturated carbocycles. The van der Waals surface area contributed by atoms with E-state index in [-0.39, 0.29) is 22.9 Å². The lowest BCUT2D eigenvalue weighted by molar-refractivity contribution is 0.0940. The first kappa shape index (κ1) is 14.3. The lowest BCUT2D eigenvalue weighted by Gasteiger charge is -2.15. The summed E-state index contributed by atoms with van der Waals surface area (Å²) in [5.74, 6) is -0.000265. The smallest absolute Gasteiger partial charge is 0.251 e. The molecule has 0 bridgehead atoms. The normalized spacial score (nSPS) is 11.9. The number of amides is 1. The summed E-state index contributed by atoms with van der Waals surface area (Å²) in [5, 5.41) is 3.11. The molecule has 1 unspecified atom stereocenters. The van der Waals surface area contributed by atoms with Gasteiger partial charge in [-0.1, -0.05) is 41.4 Å². The third kappa shape index (κ3) is 3.48. The highest BCUT2D eigenvalue weighted by Gasteiger charge is 2.12. The summed E-state index contributed by atoms with van der Waals surface area (Å²) in [4.78, 5) is 16.0. The molecule has 2 aromatic rings. The average Bonchev–Trinajstić information content (AvgIpc) is 2.38. The average molecular weight is 290 g/mol. The molecule has 20 heavy (non-hydrogen) atoms. The predicted octanol–water partition coefficient (Wildman–Crippen LogP) is 3.12. The van der Waals surface area contributed by atoms with Crippen LogP contribution >= 0.6 is 11.6 Å². The van der Waals surface area contributed by atoms with Gasteiger partial charge in [0.2, 0.25) is 0 Å². The lowest BCUT2D eigenvalue weighted by atomic mass is 10.1. The number of nitrogens with zero attached hydrogens (tertiary/aromatic N) is 1. The molecule has 3 N–H and O–H groups in total. The monoisotopic (exact) mass is 289 g/mol. The van der Waals surface area contributed by atoms with Crippen molar-refractivity contribution >= 4 is 23.3 Å². The van der Waals surface area contributed by atoms with Gasteiger partial charge in [0.15, 0.2) is 0 Å². The maximum atomic E-state index is 12.1. The van der Waals surface area contributed by atoms with Gasteiger partial charge in [0.1, 0.15) is 11.0 Å². The van der Waals surface area contributed by atoms with E-state index >= 15 is 0 Å². The molecule has 1 heterocycles. The van der Waals surface area contributed by atoms with Gasteiger partial charge in [0, 0.05) is 5.56 Å². The molecule has 0 aliphatic rings. The fraction of sp³-hybridized carbons (Fsp3) is 0.200. The van der Waals surface area contributed by atoms with Crippen molar-refractivity contribution in [2.24, 2.45) is 0 Å². The van der Waals surface area contributed by atoms with Gasteiger partial charge >= 0.3 is 0 Å². The standard InChI is InChI=1S/C15H16ClN3O/c1-9-3-5-11(6-4-9)10(2)18-15(20)12-7-13(16)19-14(17)8-12/h3-8,10H,1-2H3,(H2,17,19)(H,18,20). The number of halogens is 1. The number of anilines is 1. The number of carbonyl (C=O) groups excluding carboxylic acids is 1. The molecule has 1 aromatic heterocycles. The van der Waals surface area contributed by atoms with Crippen molar-refractivity contribution in [2.75, 3.05) is 5.73 Å². The maximum absolute atomic E-state index is 12.1. The van der Waals surface area contributed by atoms with Crippen LogP contribution in [0.5, 0.6) is 0 Å². The summed E-state index contributed by atoms with van der Waals surface area (Å²) in [6.45, 7) is 3.95. The summed E-state index contributed by atoms with van der Waals surface area (Å²) >= 11 is 5.79. The van der Waals surface area contributed by atoms with E-state index in [0.717, 1.165) is 5.56 Å². The van der Waals surface area contributed by atoms with Crippen molar-refractivity contribution in [1.82, 2.24) is 10.3 Å². The third-order valence-electron chi connectivity index (χ3n) is 3.00. The van der Waals surface area contributed by atoms with Crippen LogP contribution in [-0.4, -0.2) is 10.9 Å². The third-order valence-corrected chi connectivity index (χ3v) is 3.19. The van der Waals surface area contributed by atoms with Gasteiger partial charge in [0.05, 0.1) is 6.04 Å². The zero-order valence-corrected chi connectivity index (χ0v) is 12.1. The van der Waals surface area contributed by atoms with E-state index in [1.165, 1.54) is 17.7 Å². The summed E-state index contributed by atoms with van der Waals surface area (Å²) in [6, 6.07) is 10.9. The molecule has 2 rings (SSSR count). The van der Waals surface area contributed by atoms with Gasteiger partial charge in [-0.3, -0.25) is 4.79 Å². The minimum absolute atomic E-state index is 0.101. The molecule has 0 fully saturated rings. The van der Waals surface area contributed by atoms with Crippen LogP contribution in [0.25, 0.3) is 0 Å². The summed E-state index contributed by atoms with van der Waals surface area (Å²) in [7, 11) is 0. The number of nitrogens with one attached hydrogen (secondary N) is 1. The van der Waals surface area contributed by atoms with Crippen LogP contribution in [0.15, 0.2) is 36.4 Å². The molecular weight excluding hydrogens is 274 g/mol. The molecular formula is C15H16ClN3O. The number of pyridine rings is 1. The molecule has 0 aliphatic heterocycles. The molecule has 0 aliphatic carbocycles. The van der Waals surface area contributed by atoms with Gasteiger partial charge < -0.3 is 11.1 Å². The minimum Gasteiger partial charge on any atom is -0.384 e. The Hall–Kier alpha value is -2.07. The Balaban J connectivity index is 2.12. The Morgan fingerprint density at radius 2 is 1.95 bits per heavy atom. The highest BCUT2D eigenvalue weighted by atomic mass is 35.5. The topological polar surface area (TPSA) is 68.0 Å². The predicted molar refractivity (Wildman–Crippen MR) is 80.7 cm³/mol. The number of benzene rings is 1. The summed E-state index contributed by atoms with van der Waals surface area (Å²) in [6.07, 6.45) is 0. The van der Waals surface area contributed by atoms with Gasteiger partial charge in [0.25, 0.3) is 5.91 Å². The summed E-state index contributed by atoms with van der Waals surface area (Å²) < 4.78 is 0.